The van der Waals surface area contributed by atoms with E-state index in [0.717, 1.165) is 12.5 Å². The number of thiol groups is 2. The second-order valence-electron chi connectivity index (χ2n) is 4.27. The maximum absolute atomic E-state index is 5.80. The van der Waals surface area contributed by atoms with Gasteiger partial charge in [0.25, 0.3) is 0 Å². The summed E-state index contributed by atoms with van der Waals surface area (Å²) in [5.41, 5.74) is 0. The third kappa shape index (κ3) is 6.80. The molecule has 0 fully saturated rings. The zero-order chi connectivity index (χ0) is 16.4. The Bertz CT molecular complexity index is 419. The summed E-state index contributed by atoms with van der Waals surface area (Å²) in [4.78, 5) is 12.0. The first-order chi connectivity index (χ1) is 10.5. The van der Waals surface area contributed by atoms with Gasteiger partial charge in [-0.1, -0.05) is 0 Å². The minimum absolute atomic E-state index is 0.337. The Labute approximate surface area is 143 Å². The van der Waals surface area contributed by atoms with Crippen molar-refractivity contribution in [2.75, 3.05) is 31.7 Å². The minimum Gasteiger partial charge on any atom is -0.374 e. The lowest BCUT2D eigenvalue weighted by Crippen LogP contribution is -2.46. The van der Waals surface area contributed by atoms with Gasteiger partial charge in [-0.05, 0) is 27.2 Å². The summed E-state index contributed by atoms with van der Waals surface area (Å²) in [7, 11) is -2.58. The maximum Gasteiger partial charge on any atom is 0.500 e. The lowest BCUT2D eigenvalue weighted by molar-refractivity contribution is 0.0710. The standard InChI is InChI=1S/C12H24N4O3S2Si/c1-4-17-22(18-5-2,19-6-3)9-7-8-13-10-14-11(20)16-12(21)15-10/h4-9H2,1-3H3,(H3,13,14,15,16,20,21). The molecule has 0 aliphatic carbocycles. The molecule has 0 aromatic carbocycles. The highest BCUT2D eigenvalue weighted by molar-refractivity contribution is 7.80. The summed E-state index contributed by atoms with van der Waals surface area (Å²) in [6.07, 6.45) is 0.821. The molecule has 1 N–H and O–H groups in total. The number of hydrogen-bond acceptors (Lipinski definition) is 9. The molecule has 10 heteroatoms. The summed E-state index contributed by atoms with van der Waals surface area (Å²) in [6.45, 7) is 8.27. The largest absolute Gasteiger partial charge is 0.500 e. The van der Waals surface area contributed by atoms with Crippen LogP contribution in [0.4, 0.5) is 5.95 Å². The first-order valence-corrected chi connectivity index (χ1v) is 10.2. The molecule has 0 atom stereocenters. The molecular formula is C12H24N4O3S2Si. The molecule has 1 aromatic rings. The lowest BCUT2D eigenvalue weighted by Gasteiger charge is -2.28. The molecule has 1 rings (SSSR count). The van der Waals surface area contributed by atoms with Crippen LogP contribution in [0.2, 0.25) is 6.04 Å². The van der Waals surface area contributed by atoms with Crippen molar-refractivity contribution in [3.8, 4) is 0 Å². The van der Waals surface area contributed by atoms with Crippen LogP contribution in [0, 0.1) is 0 Å². The van der Waals surface area contributed by atoms with Crippen LogP contribution in [0.25, 0.3) is 0 Å². The Morgan fingerprint density at radius 1 is 0.909 bits per heavy atom. The van der Waals surface area contributed by atoms with E-state index in [1.165, 1.54) is 0 Å². The molecular weight excluding hydrogens is 340 g/mol. The quantitative estimate of drug-likeness (QED) is 0.316. The molecule has 0 radical (unpaired) electrons. The van der Waals surface area contributed by atoms with Crippen LogP contribution in [-0.4, -0.2) is 50.1 Å². The fourth-order valence-electron chi connectivity index (χ4n) is 1.94. The molecule has 0 saturated heterocycles. The lowest BCUT2D eigenvalue weighted by atomic mass is 10.5. The number of hydrogen-bond donors (Lipinski definition) is 3. The van der Waals surface area contributed by atoms with Gasteiger partial charge in [-0.25, -0.2) is 0 Å². The van der Waals surface area contributed by atoms with Crippen molar-refractivity contribution in [3.63, 3.8) is 0 Å². The van der Waals surface area contributed by atoms with Crippen molar-refractivity contribution in [3.05, 3.63) is 0 Å². The molecule has 7 nitrogen and oxygen atoms in total. The second kappa shape index (κ2) is 10.4. The van der Waals surface area contributed by atoms with E-state index in [0.29, 0.717) is 42.6 Å². The van der Waals surface area contributed by atoms with E-state index in [1.54, 1.807) is 0 Å². The van der Waals surface area contributed by atoms with Crippen LogP contribution in [0.1, 0.15) is 27.2 Å². The molecule has 0 amide bonds. The first-order valence-electron chi connectivity index (χ1n) is 7.35. The van der Waals surface area contributed by atoms with Crippen molar-refractivity contribution in [1.29, 1.82) is 0 Å². The van der Waals surface area contributed by atoms with Gasteiger partial charge in [-0.15, -0.1) is 25.3 Å². The monoisotopic (exact) mass is 364 g/mol. The van der Waals surface area contributed by atoms with Crippen LogP contribution in [0.3, 0.4) is 0 Å². The zero-order valence-corrected chi connectivity index (χ0v) is 16.0. The molecule has 0 unspecified atom stereocenters. The van der Waals surface area contributed by atoms with Gasteiger partial charge in [0, 0.05) is 32.4 Å². The van der Waals surface area contributed by atoms with Crippen LogP contribution in [0.5, 0.6) is 0 Å². The summed E-state index contributed by atoms with van der Waals surface area (Å²) >= 11 is 8.19. The van der Waals surface area contributed by atoms with Crippen molar-refractivity contribution >= 4 is 40.0 Å². The molecule has 0 aliphatic rings. The molecule has 0 aliphatic heterocycles. The van der Waals surface area contributed by atoms with Gasteiger partial charge >= 0.3 is 8.80 Å². The van der Waals surface area contributed by atoms with E-state index in [9.17, 15) is 0 Å². The van der Waals surface area contributed by atoms with Crippen LogP contribution in [0.15, 0.2) is 10.3 Å². The Kier molecular flexibility index (Phi) is 9.29. The highest BCUT2D eigenvalue weighted by Gasteiger charge is 2.39. The summed E-state index contributed by atoms with van der Waals surface area (Å²) in [5.74, 6) is 0.460. The van der Waals surface area contributed by atoms with Crippen molar-refractivity contribution in [1.82, 2.24) is 15.0 Å². The number of anilines is 1. The number of rotatable bonds is 11. The summed E-state index contributed by atoms with van der Waals surface area (Å²) < 4.78 is 17.4. The average molecular weight is 365 g/mol. The molecule has 22 heavy (non-hydrogen) atoms. The third-order valence-electron chi connectivity index (χ3n) is 2.65. The molecule has 126 valence electrons. The highest BCUT2D eigenvalue weighted by Crippen LogP contribution is 2.18. The predicted molar refractivity (Wildman–Crippen MR) is 92.9 cm³/mol. The van der Waals surface area contributed by atoms with E-state index < -0.39 is 8.80 Å². The van der Waals surface area contributed by atoms with Crippen LogP contribution in [-0.2, 0) is 13.3 Å². The number of nitrogens with one attached hydrogen (secondary N) is 1. The van der Waals surface area contributed by atoms with Gasteiger partial charge in [0.15, 0.2) is 10.3 Å². The van der Waals surface area contributed by atoms with Crippen molar-refractivity contribution in [2.45, 2.75) is 43.5 Å². The topological polar surface area (TPSA) is 78.4 Å². The number of nitrogens with zero attached hydrogens (tertiary/aromatic N) is 3. The van der Waals surface area contributed by atoms with Gasteiger partial charge in [-0.2, -0.15) is 15.0 Å². The molecule has 0 bridgehead atoms. The first kappa shape index (κ1) is 19.7. The molecule has 1 aromatic heterocycles. The zero-order valence-electron chi connectivity index (χ0n) is 13.2. The number of aromatic nitrogens is 3. The highest BCUT2D eigenvalue weighted by atomic mass is 32.1. The van der Waals surface area contributed by atoms with Crippen molar-refractivity contribution < 1.29 is 13.3 Å². The minimum atomic E-state index is -2.58. The van der Waals surface area contributed by atoms with Gasteiger partial charge in [-0.3, -0.25) is 0 Å². The van der Waals surface area contributed by atoms with Crippen LogP contribution < -0.4 is 5.32 Å². The molecule has 0 saturated carbocycles. The van der Waals surface area contributed by atoms with E-state index in [1.807, 2.05) is 20.8 Å². The van der Waals surface area contributed by atoms with E-state index in [-0.39, 0.29) is 0 Å². The Hall–Kier alpha value is -0.393. The summed E-state index contributed by atoms with van der Waals surface area (Å²) in [6, 6.07) is 0.738. The molecule has 0 spiro atoms. The second-order valence-corrected chi connectivity index (χ2v) is 7.80. The van der Waals surface area contributed by atoms with Gasteiger partial charge < -0.3 is 18.6 Å². The smallest absolute Gasteiger partial charge is 0.374 e. The Morgan fingerprint density at radius 2 is 1.41 bits per heavy atom. The summed E-state index contributed by atoms with van der Waals surface area (Å²) in [5, 5.41) is 3.80. The predicted octanol–water partition coefficient (Wildman–Crippen LogP) is 2.30. The third-order valence-corrected chi connectivity index (χ3v) is 6.20. The van der Waals surface area contributed by atoms with Gasteiger partial charge in [0.2, 0.25) is 5.95 Å². The van der Waals surface area contributed by atoms with Crippen LogP contribution >= 0.6 is 25.3 Å². The van der Waals surface area contributed by atoms with E-state index >= 15 is 0 Å². The fraction of sp³-hybridized carbons (Fsp3) is 0.750. The van der Waals surface area contributed by atoms with E-state index in [4.69, 9.17) is 13.3 Å². The Morgan fingerprint density at radius 3 is 1.86 bits per heavy atom. The van der Waals surface area contributed by atoms with Gasteiger partial charge in [0.1, 0.15) is 0 Å². The fourth-order valence-corrected chi connectivity index (χ4v) is 5.01. The maximum atomic E-state index is 5.80. The molecule has 1 heterocycles. The van der Waals surface area contributed by atoms with Crippen molar-refractivity contribution in [2.24, 2.45) is 0 Å². The Balaban J connectivity index is 2.50. The normalized spacial score (nSPS) is 11.7. The SMILES string of the molecule is CCO[Si](CCCNc1nc(S)nc(S)n1)(OCC)OCC. The average Bonchev–Trinajstić information content (AvgIpc) is 2.43. The van der Waals surface area contributed by atoms with E-state index in [2.05, 4.69) is 45.5 Å². The van der Waals surface area contributed by atoms with Gasteiger partial charge in [0.05, 0.1) is 0 Å².